The summed E-state index contributed by atoms with van der Waals surface area (Å²) in [7, 11) is 1.50. The van der Waals surface area contributed by atoms with Crippen LogP contribution in [0.5, 0.6) is 5.75 Å². The van der Waals surface area contributed by atoms with Crippen LogP contribution >= 0.6 is 11.6 Å². The van der Waals surface area contributed by atoms with Gasteiger partial charge in [-0.25, -0.2) is 14.4 Å². The maximum Gasteiger partial charge on any atom is 0.266 e. The van der Waals surface area contributed by atoms with E-state index in [2.05, 4.69) is 0 Å². The molecule has 2 saturated heterocycles. The van der Waals surface area contributed by atoms with Gasteiger partial charge in [-0.3, -0.25) is 14.4 Å². The van der Waals surface area contributed by atoms with Crippen LogP contribution in [0, 0.1) is 11.7 Å². The van der Waals surface area contributed by atoms with Crippen LogP contribution in [0.4, 0.5) is 15.8 Å². The highest BCUT2D eigenvalue weighted by atomic mass is 35.5. The summed E-state index contributed by atoms with van der Waals surface area (Å²) in [6.07, 6.45) is -1.12. The topological polar surface area (TPSA) is 59.1 Å². The monoisotopic (exact) mass is 452 g/mol. The van der Waals surface area contributed by atoms with Crippen LogP contribution in [-0.2, 0) is 14.4 Å². The van der Waals surface area contributed by atoms with Gasteiger partial charge in [0.1, 0.15) is 23.5 Å². The van der Waals surface area contributed by atoms with E-state index in [1.54, 1.807) is 54.6 Å². The summed E-state index contributed by atoms with van der Waals surface area (Å²) in [6, 6.07) is 19.0. The van der Waals surface area contributed by atoms with Gasteiger partial charge in [0.05, 0.1) is 18.5 Å². The van der Waals surface area contributed by atoms with Crippen molar-refractivity contribution in [2.75, 3.05) is 17.1 Å². The fraction of sp³-hybridized carbons (Fsp3) is 0.167. The standard InChI is InChI=1S/C24H18ClFN2O4/c1-31-16-10-5-9-15(13-16)27-23(29)20-21(19-17(25)11-6-12-18(19)26)28(32-22(20)24(27)30)14-7-3-2-4-8-14/h2-13,20-22H,1H3/t20-,21+,22-/m0/s1. The normalized spacial score (nSPS) is 22.4. The average Bonchev–Trinajstić information content (AvgIpc) is 3.30. The molecule has 0 saturated carbocycles. The summed E-state index contributed by atoms with van der Waals surface area (Å²) in [5, 5.41) is 1.57. The van der Waals surface area contributed by atoms with Gasteiger partial charge in [-0.1, -0.05) is 41.9 Å². The van der Waals surface area contributed by atoms with Gasteiger partial charge in [-0.15, -0.1) is 0 Å². The van der Waals surface area contributed by atoms with Crippen molar-refractivity contribution in [3.05, 3.63) is 89.2 Å². The third-order valence-corrected chi connectivity index (χ3v) is 6.06. The lowest BCUT2D eigenvalue weighted by molar-refractivity contribution is -0.126. The highest BCUT2D eigenvalue weighted by Crippen LogP contribution is 2.49. The minimum Gasteiger partial charge on any atom is -0.497 e. The Bertz CT molecular complexity index is 1190. The molecule has 0 radical (unpaired) electrons. The Morgan fingerprint density at radius 1 is 0.938 bits per heavy atom. The molecule has 2 fully saturated rings. The first-order valence-corrected chi connectivity index (χ1v) is 10.4. The van der Waals surface area contributed by atoms with E-state index in [1.165, 1.54) is 24.3 Å². The summed E-state index contributed by atoms with van der Waals surface area (Å²) in [6.45, 7) is 0. The number of nitrogens with zero attached hydrogens (tertiary/aromatic N) is 2. The maximum absolute atomic E-state index is 15.0. The van der Waals surface area contributed by atoms with Crippen molar-refractivity contribution in [3.8, 4) is 5.75 Å². The molecule has 3 aromatic rings. The number of para-hydroxylation sites is 1. The minimum absolute atomic E-state index is 0.110. The number of rotatable bonds is 4. The zero-order valence-corrected chi connectivity index (χ0v) is 17.7. The Kier molecular flexibility index (Phi) is 5.07. The van der Waals surface area contributed by atoms with Gasteiger partial charge >= 0.3 is 0 Å². The summed E-state index contributed by atoms with van der Waals surface area (Å²) >= 11 is 6.38. The molecule has 162 valence electrons. The molecule has 0 aromatic heterocycles. The van der Waals surface area contributed by atoms with Crippen molar-refractivity contribution in [2.24, 2.45) is 5.92 Å². The van der Waals surface area contributed by atoms with Crippen LogP contribution in [0.3, 0.4) is 0 Å². The number of amides is 2. The van der Waals surface area contributed by atoms with Gasteiger partial charge in [0.2, 0.25) is 5.91 Å². The largest absolute Gasteiger partial charge is 0.497 e. The Morgan fingerprint density at radius 3 is 2.38 bits per heavy atom. The molecule has 0 spiro atoms. The van der Waals surface area contributed by atoms with Crippen molar-refractivity contribution >= 4 is 34.8 Å². The molecular formula is C24H18ClFN2O4. The second-order valence-corrected chi connectivity index (χ2v) is 7.91. The summed E-state index contributed by atoms with van der Waals surface area (Å²) in [4.78, 5) is 34.0. The quantitative estimate of drug-likeness (QED) is 0.544. The highest BCUT2D eigenvalue weighted by molar-refractivity contribution is 6.31. The first-order valence-electron chi connectivity index (χ1n) is 9.98. The maximum atomic E-state index is 15.0. The van der Waals surface area contributed by atoms with Crippen molar-refractivity contribution in [1.82, 2.24) is 0 Å². The van der Waals surface area contributed by atoms with Gasteiger partial charge in [0, 0.05) is 16.7 Å². The van der Waals surface area contributed by atoms with Crippen LogP contribution in [0.2, 0.25) is 5.02 Å². The summed E-state index contributed by atoms with van der Waals surface area (Å²) < 4.78 is 20.2. The van der Waals surface area contributed by atoms with E-state index < -0.39 is 35.7 Å². The second kappa shape index (κ2) is 7.93. The van der Waals surface area contributed by atoms with Gasteiger partial charge in [0.25, 0.3) is 5.91 Å². The molecule has 2 aliphatic heterocycles. The van der Waals surface area contributed by atoms with E-state index in [-0.39, 0.29) is 10.6 Å². The number of imide groups is 1. The lowest BCUT2D eigenvalue weighted by atomic mass is 9.90. The minimum atomic E-state index is -1.12. The van der Waals surface area contributed by atoms with E-state index in [0.29, 0.717) is 17.1 Å². The molecule has 0 bridgehead atoms. The molecule has 0 N–H and O–H groups in total. The molecule has 0 aliphatic carbocycles. The number of benzene rings is 3. The van der Waals surface area contributed by atoms with E-state index in [0.717, 1.165) is 4.90 Å². The summed E-state index contributed by atoms with van der Waals surface area (Å²) in [5.41, 5.74) is 1.06. The zero-order chi connectivity index (χ0) is 22.4. The number of halogens is 2. The molecular weight excluding hydrogens is 435 g/mol. The molecule has 0 unspecified atom stereocenters. The Hall–Kier alpha value is -3.42. The number of hydrogen-bond acceptors (Lipinski definition) is 5. The van der Waals surface area contributed by atoms with Crippen LogP contribution in [-0.4, -0.2) is 25.0 Å². The number of ether oxygens (including phenoxy) is 1. The number of carbonyl (C=O) groups is 2. The van der Waals surface area contributed by atoms with Gasteiger partial charge in [0.15, 0.2) is 6.10 Å². The SMILES string of the molecule is COc1cccc(N2C(=O)[C@@H]3[C@H](ON(c4ccccc4)[C@@H]3c3c(F)cccc3Cl)C2=O)c1. The molecule has 3 aromatic carbocycles. The number of carbonyl (C=O) groups excluding carboxylic acids is 2. The molecule has 2 heterocycles. The van der Waals surface area contributed by atoms with Crippen molar-refractivity contribution < 1.29 is 23.6 Å². The molecule has 6 nitrogen and oxygen atoms in total. The molecule has 8 heteroatoms. The van der Waals surface area contributed by atoms with Crippen molar-refractivity contribution in [3.63, 3.8) is 0 Å². The third-order valence-electron chi connectivity index (χ3n) is 5.73. The lowest BCUT2D eigenvalue weighted by Crippen LogP contribution is -2.37. The van der Waals surface area contributed by atoms with Crippen LogP contribution in [0.15, 0.2) is 72.8 Å². The summed E-state index contributed by atoms with van der Waals surface area (Å²) in [5.74, 6) is -2.07. The second-order valence-electron chi connectivity index (χ2n) is 7.51. The van der Waals surface area contributed by atoms with Crippen LogP contribution in [0.1, 0.15) is 11.6 Å². The van der Waals surface area contributed by atoms with E-state index in [1.807, 2.05) is 6.07 Å². The predicted octanol–water partition coefficient (Wildman–Crippen LogP) is 4.54. The van der Waals surface area contributed by atoms with Crippen LogP contribution in [0.25, 0.3) is 0 Å². The lowest BCUT2D eigenvalue weighted by Gasteiger charge is -2.29. The Balaban J connectivity index is 1.62. The zero-order valence-electron chi connectivity index (χ0n) is 16.9. The molecule has 2 aliphatic rings. The number of hydroxylamine groups is 1. The van der Waals surface area contributed by atoms with Gasteiger partial charge < -0.3 is 4.74 Å². The first-order chi connectivity index (χ1) is 15.5. The van der Waals surface area contributed by atoms with Crippen molar-refractivity contribution in [2.45, 2.75) is 12.1 Å². The highest BCUT2D eigenvalue weighted by Gasteiger charge is 2.61. The molecule has 3 atom stereocenters. The molecule has 32 heavy (non-hydrogen) atoms. The van der Waals surface area contributed by atoms with E-state index in [4.69, 9.17) is 21.2 Å². The third kappa shape index (κ3) is 3.13. The first kappa shape index (κ1) is 20.5. The number of hydrogen-bond donors (Lipinski definition) is 0. The fourth-order valence-electron chi connectivity index (χ4n) is 4.30. The predicted molar refractivity (Wildman–Crippen MR) is 117 cm³/mol. The number of methoxy groups -OCH3 is 1. The van der Waals surface area contributed by atoms with Crippen molar-refractivity contribution in [1.29, 1.82) is 0 Å². The average molecular weight is 453 g/mol. The van der Waals surface area contributed by atoms with E-state index in [9.17, 15) is 14.0 Å². The fourth-order valence-corrected chi connectivity index (χ4v) is 4.58. The Morgan fingerprint density at radius 2 is 1.66 bits per heavy atom. The number of anilines is 2. The van der Waals surface area contributed by atoms with Gasteiger partial charge in [-0.05, 0) is 36.4 Å². The smallest absolute Gasteiger partial charge is 0.266 e. The Labute approximate surface area is 188 Å². The molecule has 5 rings (SSSR count). The van der Waals surface area contributed by atoms with Gasteiger partial charge in [-0.2, -0.15) is 0 Å². The van der Waals surface area contributed by atoms with Crippen LogP contribution < -0.4 is 14.7 Å². The van der Waals surface area contributed by atoms with E-state index >= 15 is 0 Å². The molecule has 2 amide bonds. The number of fused-ring (bicyclic) bond motifs is 1.